The van der Waals surface area contributed by atoms with Crippen LogP contribution in [0.1, 0.15) is 11.3 Å². The highest BCUT2D eigenvalue weighted by atomic mass is 35.5. The summed E-state index contributed by atoms with van der Waals surface area (Å²) < 4.78 is 1.90. The van der Waals surface area contributed by atoms with E-state index in [1.807, 2.05) is 48.3 Å². The van der Waals surface area contributed by atoms with Gasteiger partial charge in [-0.05, 0) is 17.7 Å². The van der Waals surface area contributed by atoms with E-state index in [2.05, 4.69) is 10.4 Å². The molecule has 17 heavy (non-hydrogen) atoms. The van der Waals surface area contributed by atoms with Crippen LogP contribution in [0.2, 0.25) is 5.02 Å². The summed E-state index contributed by atoms with van der Waals surface area (Å²) in [7, 11) is 1.96. The molecule has 0 aliphatic heterocycles. The fourth-order valence-corrected chi connectivity index (χ4v) is 1.93. The Morgan fingerprint density at radius 2 is 2.12 bits per heavy atom. The average Bonchev–Trinajstić information content (AvgIpc) is 2.73. The molecule has 0 aliphatic rings. The Hall–Kier alpha value is -1.32. The third-order valence-corrected chi connectivity index (χ3v) is 3.12. The lowest BCUT2D eigenvalue weighted by Crippen LogP contribution is -2.18. The Kier molecular flexibility index (Phi) is 4.18. The second-order valence-electron chi connectivity index (χ2n) is 3.96. The molecule has 1 aromatic carbocycles. The molecule has 0 amide bonds. The van der Waals surface area contributed by atoms with E-state index in [-0.39, 0.29) is 0 Å². The molecule has 3 nitrogen and oxygen atoms in total. The summed E-state index contributed by atoms with van der Waals surface area (Å²) >= 11 is 6.07. The second-order valence-corrected chi connectivity index (χ2v) is 4.37. The van der Waals surface area contributed by atoms with Crippen LogP contribution >= 0.6 is 11.6 Å². The summed E-state index contributed by atoms with van der Waals surface area (Å²) in [5, 5.41) is 8.34. The molecule has 0 bridgehead atoms. The number of benzene rings is 1. The molecule has 0 aliphatic carbocycles. The number of hydrogen-bond acceptors (Lipinski definition) is 2. The van der Waals surface area contributed by atoms with E-state index in [0.717, 1.165) is 30.1 Å². The van der Waals surface area contributed by atoms with Gasteiger partial charge in [-0.2, -0.15) is 5.10 Å². The molecule has 0 spiro atoms. The van der Waals surface area contributed by atoms with Gasteiger partial charge in [0.05, 0.1) is 0 Å². The van der Waals surface area contributed by atoms with E-state index in [0.29, 0.717) is 0 Å². The van der Waals surface area contributed by atoms with E-state index in [1.54, 1.807) is 0 Å². The van der Waals surface area contributed by atoms with Crippen molar-refractivity contribution in [1.82, 2.24) is 15.1 Å². The van der Waals surface area contributed by atoms with E-state index < -0.39 is 0 Å². The number of aryl methyl sites for hydroxylation is 1. The van der Waals surface area contributed by atoms with Crippen molar-refractivity contribution < 1.29 is 0 Å². The highest BCUT2D eigenvalue weighted by molar-refractivity contribution is 6.31. The molecule has 0 atom stereocenters. The van der Waals surface area contributed by atoms with Gasteiger partial charge in [0.25, 0.3) is 0 Å². The molecule has 0 saturated carbocycles. The van der Waals surface area contributed by atoms with Crippen molar-refractivity contribution in [2.45, 2.75) is 13.0 Å². The molecule has 0 radical (unpaired) electrons. The molecule has 0 unspecified atom stereocenters. The Morgan fingerprint density at radius 1 is 1.29 bits per heavy atom. The van der Waals surface area contributed by atoms with Gasteiger partial charge in [0.15, 0.2) is 0 Å². The van der Waals surface area contributed by atoms with E-state index in [9.17, 15) is 0 Å². The smallest absolute Gasteiger partial charge is 0.0492 e. The molecule has 0 saturated heterocycles. The minimum atomic E-state index is 0.803. The van der Waals surface area contributed by atoms with Gasteiger partial charge in [0.1, 0.15) is 0 Å². The SMILES string of the molecule is Cn1nccc1CCNCc1ccccc1Cl. The Balaban J connectivity index is 1.77. The van der Waals surface area contributed by atoms with Crippen molar-refractivity contribution in [3.63, 3.8) is 0 Å². The maximum atomic E-state index is 6.07. The Bertz CT molecular complexity index is 479. The zero-order chi connectivity index (χ0) is 12.1. The molecule has 4 heteroatoms. The lowest BCUT2D eigenvalue weighted by Gasteiger charge is -2.06. The standard InChI is InChI=1S/C13H16ClN3/c1-17-12(7-9-16-17)6-8-15-10-11-4-2-3-5-13(11)14/h2-5,7,9,15H,6,8,10H2,1H3. The second kappa shape index (κ2) is 5.84. The minimum Gasteiger partial charge on any atom is -0.312 e. The predicted octanol–water partition coefficient (Wildman–Crippen LogP) is 2.41. The third kappa shape index (κ3) is 3.32. The normalized spacial score (nSPS) is 10.7. The Morgan fingerprint density at radius 3 is 2.82 bits per heavy atom. The van der Waals surface area contributed by atoms with E-state index >= 15 is 0 Å². The lowest BCUT2D eigenvalue weighted by molar-refractivity contribution is 0.643. The number of rotatable bonds is 5. The molecule has 1 aromatic heterocycles. The van der Waals surface area contributed by atoms with Crippen molar-refractivity contribution in [3.05, 3.63) is 52.8 Å². The van der Waals surface area contributed by atoms with Crippen molar-refractivity contribution in [2.24, 2.45) is 7.05 Å². The molecular formula is C13H16ClN3. The van der Waals surface area contributed by atoms with Crippen molar-refractivity contribution in [1.29, 1.82) is 0 Å². The maximum absolute atomic E-state index is 6.07. The largest absolute Gasteiger partial charge is 0.312 e. The van der Waals surface area contributed by atoms with Crippen LogP contribution in [0, 0.1) is 0 Å². The van der Waals surface area contributed by atoms with Gasteiger partial charge in [-0.3, -0.25) is 4.68 Å². The zero-order valence-electron chi connectivity index (χ0n) is 9.86. The molecule has 0 fully saturated rings. The van der Waals surface area contributed by atoms with Crippen molar-refractivity contribution in [2.75, 3.05) is 6.54 Å². The highest BCUT2D eigenvalue weighted by Gasteiger charge is 2.00. The van der Waals surface area contributed by atoms with Crippen LogP contribution in [-0.4, -0.2) is 16.3 Å². The maximum Gasteiger partial charge on any atom is 0.0492 e. The fraction of sp³-hybridized carbons (Fsp3) is 0.308. The van der Waals surface area contributed by atoms with Gasteiger partial charge in [-0.25, -0.2) is 0 Å². The highest BCUT2D eigenvalue weighted by Crippen LogP contribution is 2.14. The van der Waals surface area contributed by atoms with Crippen LogP contribution in [0.15, 0.2) is 36.5 Å². The monoisotopic (exact) mass is 249 g/mol. The van der Waals surface area contributed by atoms with E-state index in [4.69, 9.17) is 11.6 Å². The third-order valence-electron chi connectivity index (χ3n) is 2.75. The molecule has 1 N–H and O–H groups in total. The van der Waals surface area contributed by atoms with Gasteiger partial charge in [0.2, 0.25) is 0 Å². The van der Waals surface area contributed by atoms with Crippen LogP contribution in [0.5, 0.6) is 0 Å². The van der Waals surface area contributed by atoms with Gasteiger partial charge in [-0.1, -0.05) is 29.8 Å². The number of aromatic nitrogens is 2. The topological polar surface area (TPSA) is 29.9 Å². The predicted molar refractivity (Wildman–Crippen MR) is 70.1 cm³/mol. The van der Waals surface area contributed by atoms with Gasteiger partial charge in [-0.15, -0.1) is 0 Å². The molecule has 1 heterocycles. The number of nitrogens with zero attached hydrogens (tertiary/aromatic N) is 2. The van der Waals surface area contributed by atoms with Gasteiger partial charge >= 0.3 is 0 Å². The molecule has 2 rings (SSSR count). The number of nitrogens with one attached hydrogen (secondary N) is 1. The summed E-state index contributed by atoms with van der Waals surface area (Å²) in [6, 6.07) is 9.95. The number of halogens is 1. The van der Waals surface area contributed by atoms with Crippen LogP contribution in [-0.2, 0) is 20.0 Å². The quantitative estimate of drug-likeness (QED) is 0.825. The summed E-state index contributed by atoms with van der Waals surface area (Å²) in [5.41, 5.74) is 2.37. The number of hydrogen-bond donors (Lipinski definition) is 1. The molecular weight excluding hydrogens is 234 g/mol. The zero-order valence-corrected chi connectivity index (χ0v) is 10.6. The summed E-state index contributed by atoms with van der Waals surface area (Å²) in [6.07, 6.45) is 2.80. The first-order valence-electron chi connectivity index (χ1n) is 5.68. The van der Waals surface area contributed by atoms with Gasteiger partial charge < -0.3 is 5.32 Å². The fourth-order valence-electron chi connectivity index (χ4n) is 1.73. The van der Waals surface area contributed by atoms with E-state index in [1.165, 1.54) is 5.69 Å². The van der Waals surface area contributed by atoms with Crippen LogP contribution in [0.25, 0.3) is 0 Å². The van der Waals surface area contributed by atoms with Crippen LogP contribution < -0.4 is 5.32 Å². The summed E-state index contributed by atoms with van der Waals surface area (Å²) in [6.45, 7) is 1.72. The van der Waals surface area contributed by atoms with Crippen LogP contribution in [0.3, 0.4) is 0 Å². The first-order valence-corrected chi connectivity index (χ1v) is 6.06. The van der Waals surface area contributed by atoms with Gasteiger partial charge in [0, 0.05) is 43.5 Å². The molecule has 2 aromatic rings. The Labute approximate surface area is 106 Å². The minimum absolute atomic E-state index is 0.803. The van der Waals surface area contributed by atoms with Crippen molar-refractivity contribution >= 4 is 11.6 Å². The van der Waals surface area contributed by atoms with Crippen LogP contribution in [0.4, 0.5) is 0 Å². The lowest BCUT2D eigenvalue weighted by atomic mass is 10.2. The summed E-state index contributed by atoms with van der Waals surface area (Å²) in [4.78, 5) is 0. The van der Waals surface area contributed by atoms with Crippen molar-refractivity contribution in [3.8, 4) is 0 Å². The first kappa shape index (κ1) is 12.1. The summed E-state index contributed by atoms with van der Waals surface area (Å²) in [5.74, 6) is 0. The first-order chi connectivity index (χ1) is 8.27. The molecule has 90 valence electrons. The average molecular weight is 250 g/mol.